The smallest absolute Gasteiger partial charge is 0.270 e. The molecule has 0 saturated heterocycles. The summed E-state index contributed by atoms with van der Waals surface area (Å²) in [6, 6.07) is 2.23. The third kappa shape index (κ3) is 6.02. The number of hydrogen-bond donors (Lipinski definition) is 0. The number of alkyl halides is 3. The maximum atomic E-state index is 12.3. The molecule has 1 heterocycles. The van der Waals surface area contributed by atoms with Gasteiger partial charge in [-0.25, -0.2) is 0 Å². The van der Waals surface area contributed by atoms with Crippen LogP contribution >= 0.6 is 0 Å². The molecule has 0 aliphatic rings. The highest BCUT2D eigenvalue weighted by Crippen LogP contribution is 2.27. The minimum absolute atomic E-state index is 0.0140. The molecular weight excluding hydrogens is 283 g/mol. The largest absolute Gasteiger partial charge is 0.433 e. The lowest BCUT2D eigenvalue weighted by atomic mass is 10.0. The van der Waals surface area contributed by atoms with Crippen LogP contribution < -0.4 is 0 Å². The highest BCUT2D eigenvalue weighted by molar-refractivity contribution is 7.85. The Morgan fingerprint density at radius 2 is 2.00 bits per heavy atom. The van der Waals surface area contributed by atoms with Crippen LogP contribution in [0.1, 0.15) is 18.2 Å². The van der Waals surface area contributed by atoms with Gasteiger partial charge in [-0.05, 0) is 24.0 Å². The van der Waals surface area contributed by atoms with Crippen molar-refractivity contribution in [2.24, 2.45) is 5.92 Å². The van der Waals surface area contributed by atoms with E-state index in [9.17, 15) is 21.6 Å². The summed E-state index contributed by atoms with van der Waals surface area (Å²) in [5.74, 6) is -0.145. The fourth-order valence-corrected chi connectivity index (χ4v) is 1.89. The summed E-state index contributed by atoms with van der Waals surface area (Å²) in [5, 5.41) is 0. The molecule has 0 N–H and O–H groups in total. The van der Waals surface area contributed by atoms with Crippen molar-refractivity contribution >= 4 is 10.1 Å². The van der Waals surface area contributed by atoms with Gasteiger partial charge < -0.3 is 0 Å². The minimum atomic E-state index is -4.45. The van der Waals surface area contributed by atoms with Crippen LogP contribution in [0, 0.1) is 5.92 Å². The first-order valence-corrected chi connectivity index (χ1v) is 7.26. The molecule has 0 saturated carbocycles. The predicted octanol–water partition coefficient (Wildman–Crippen LogP) is 2.26. The molecule has 8 heteroatoms. The zero-order chi connectivity index (χ0) is 14.7. The molecule has 0 unspecified atom stereocenters. The molecule has 1 atom stereocenters. The van der Waals surface area contributed by atoms with Gasteiger partial charge in [0.05, 0.1) is 12.9 Å². The Labute approximate surface area is 109 Å². The van der Waals surface area contributed by atoms with Gasteiger partial charge in [0, 0.05) is 6.20 Å². The van der Waals surface area contributed by atoms with Crippen molar-refractivity contribution in [2.45, 2.75) is 19.5 Å². The van der Waals surface area contributed by atoms with Gasteiger partial charge in [-0.15, -0.1) is 0 Å². The summed E-state index contributed by atoms with van der Waals surface area (Å²) in [7, 11) is -3.50. The van der Waals surface area contributed by atoms with Crippen molar-refractivity contribution in [3.8, 4) is 0 Å². The van der Waals surface area contributed by atoms with Crippen LogP contribution in [0.25, 0.3) is 0 Å². The summed E-state index contributed by atoms with van der Waals surface area (Å²) in [6.45, 7) is 1.72. The Bertz CT molecular complexity index is 511. The fraction of sp³-hybridized carbons (Fsp3) is 0.545. The van der Waals surface area contributed by atoms with Crippen LogP contribution in [0.2, 0.25) is 0 Å². The van der Waals surface area contributed by atoms with Gasteiger partial charge in [0.15, 0.2) is 0 Å². The molecule has 0 aliphatic carbocycles. The van der Waals surface area contributed by atoms with E-state index in [1.54, 1.807) is 6.92 Å². The van der Waals surface area contributed by atoms with Crippen molar-refractivity contribution in [2.75, 3.05) is 12.9 Å². The second-order valence-corrected chi connectivity index (χ2v) is 5.99. The van der Waals surface area contributed by atoms with Crippen LogP contribution in [-0.4, -0.2) is 26.3 Å². The van der Waals surface area contributed by atoms with Gasteiger partial charge in [0.1, 0.15) is 5.69 Å². The van der Waals surface area contributed by atoms with Crippen molar-refractivity contribution in [3.63, 3.8) is 0 Å². The Balaban J connectivity index is 2.58. The average molecular weight is 297 g/mol. The van der Waals surface area contributed by atoms with Gasteiger partial charge in [0.25, 0.3) is 10.1 Å². The Hall–Kier alpha value is -1.15. The molecule has 0 spiro atoms. The Kier molecular flexibility index (Phi) is 4.92. The molecule has 0 amide bonds. The topological polar surface area (TPSA) is 56.3 Å². The van der Waals surface area contributed by atoms with Crippen LogP contribution in [0.5, 0.6) is 0 Å². The first-order chi connectivity index (χ1) is 8.58. The van der Waals surface area contributed by atoms with E-state index >= 15 is 0 Å². The minimum Gasteiger partial charge on any atom is -0.270 e. The van der Waals surface area contributed by atoms with E-state index in [1.165, 1.54) is 6.07 Å². The van der Waals surface area contributed by atoms with Crippen molar-refractivity contribution in [3.05, 3.63) is 29.6 Å². The Morgan fingerprint density at radius 3 is 2.42 bits per heavy atom. The van der Waals surface area contributed by atoms with Gasteiger partial charge >= 0.3 is 6.18 Å². The molecule has 0 aromatic carbocycles. The number of hydrogen-bond acceptors (Lipinski definition) is 4. The van der Waals surface area contributed by atoms with Crippen LogP contribution in [-0.2, 0) is 26.9 Å². The molecule has 0 bridgehead atoms. The number of halogens is 3. The van der Waals surface area contributed by atoms with Crippen LogP contribution in [0.4, 0.5) is 13.2 Å². The molecule has 0 aliphatic heterocycles. The summed E-state index contributed by atoms with van der Waals surface area (Å²) in [4.78, 5) is 3.33. The molecule has 108 valence electrons. The Morgan fingerprint density at radius 1 is 1.37 bits per heavy atom. The summed E-state index contributed by atoms with van der Waals surface area (Å²) in [6.07, 6.45) is -1.98. The molecule has 1 rings (SSSR count). The quantitative estimate of drug-likeness (QED) is 0.782. The molecule has 0 radical (unpaired) electrons. The van der Waals surface area contributed by atoms with Gasteiger partial charge in [-0.1, -0.05) is 13.0 Å². The lowest BCUT2D eigenvalue weighted by Gasteiger charge is -2.11. The van der Waals surface area contributed by atoms with E-state index in [-0.39, 0.29) is 12.5 Å². The molecule has 1 aromatic heterocycles. The average Bonchev–Trinajstić information content (AvgIpc) is 2.25. The molecule has 4 nitrogen and oxygen atoms in total. The van der Waals surface area contributed by atoms with Crippen molar-refractivity contribution < 1.29 is 25.8 Å². The zero-order valence-electron chi connectivity index (χ0n) is 10.4. The van der Waals surface area contributed by atoms with Gasteiger partial charge in [-0.3, -0.25) is 9.17 Å². The highest BCUT2D eigenvalue weighted by atomic mass is 32.2. The lowest BCUT2D eigenvalue weighted by molar-refractivity contribution is -0.141. The van der Waals surface area contributed by atoms with Gasteiger partial charge in [-0.2, -0.15) is 21.6 Å². The zero-order valence-corrected chi connectivity index (χ0v) is 11.3. The SMILES string of the molecule is C[C@H](COS(C)(=O)=O)Cc1ccc(C(F)(F)F)nc1. The maximum absolute atomic E-state index is 12.3. The number of nitrogens with zero attached hydrogens (tertiary/aromatic N) is 1. The van der Waals surface area contributed by atoms with E-state index in [4.69, 9.17) is 0 Å². The van der Waals surface area contributed by atoms with Crippen LogP contribution in [0.3, 0.4) is 0 Å². The van der Waals surface area contributed by atoms with Crippen molar-refractivity contribution in [1.82, 2.24) is 4.98 Å². The first-order valence-electron chi connectivity index (χ1n) is 5.44. The fourth-order valence-electron chi connectivity index (χ4n) is 1.41. The lowest BCUT2D eigenvalue weighted by Crippen LogP contribution is -2.13. The van der Waals surface area contributed by atoms with E-state index < -0.39 is 22.0 Å². The summed E-state index contributed by atoms with van der Waals surface area (Å²) >= 11 is 0. The standard InChI is InChI=1S/C11H14F3NO3S/c1-8(7-18-19(2,16)17)5-9-3-4-10(15-6-9)11(12,13)14/h3-4,6,8H,5,7H2,1-2H3/t8-/m0/s1. The van der Waals surface area contributed by atoms with Crippen LogP contribution in [0.15, 0.2) is 18.3 Å². The van der Waals surface area contributed by atoms with E-state index in [2.05, 4.69) is 9.17 Å². The van der Waals surface area contributed by atoms with E-state index in [1.807, 2.05) is 0 Å². The van der Waals surface area contributed by atoms with E-state index in [0.29, 0.717) is 12.0 Å². The maximum Gasteiger partial charge on any atom is 0.433 e. The molecule has 19 heavy (non-hydrogen) atoms. The third-order valence-electron chi connectivity index (χ3n) is 2.27. The normalized spacial score (nSPS) is 14.4. The number of pyridine rings is 1. The first kappa shape index (κ1) is 15.9. The second-order valence-electron chi connectivity index (χ2n) is 4.35. The number of rotatable bonds is 5. The van der Waals surface area contributed by atoms with Gasteiger partial charge in [0.2, 0.25) is 0 Å². The number of aromatic nitrogens is 1. The molecule has 1 aromatic rings. The second kappa shape index (κ2) is 5.87. The molecular formula is C11H14F3NO3S. The van der Waals surface area contributed by atoms with Crippen molar-refractivity contribution in [1.29, 1.82) is 0 Å². The monoisotopic (exact) mass is 297 g/mol. The molecule has 0 fully saturated rings. The third-order valence-corrected chi connectivity index (χ3v) is 2.83. The summed E-state index contributed by atoms with van der Waals surface area (Å²) in [5.41, 5.74) is -0.353. The highest BCUT2D eigenvalue weighted by Gasteiger charge is 2.32. The summed E-state index contributed by atoms with van der Waals surface area (Å²) < 4.78 is 63.0. The van der Waals surface area contributed by atoms with E-state index in [0.717, 1.165) is 18.5 Å². The predicted molar refractivity (Wildman–Crippen MR) is 62.9 cm³/mol.